The molecule has 1 aliphatic heterocycles. The Morgan fingerprint density at radius 3 is 2.32 bits per heavy atom. The molecule has 1 aliphatic rings. The molecule has 0 radical (unpaired) electrons. The minimum absolute atomic E-state index is 0.240. The average molecular weight is 383 g/mol. The third-order valence-electron chi connectivity index (χ3n) is 4.72. The summed E-state index contributed by atoms with van der Waals surface area (Å²) < 4.78 is 10.5. The van der Waals surface area contributed by atoms with E-state index >= 15 is 0 Å². The lowest BCUT2D eigenvalue weighted by atomic mass is 9.97. The van der Waals surface area contributed by atoms with E-state index < -0.39 is 0 Å². The molecule has 2 aromatic rings. The van der Waals surface area contributed by atoms with Crippen LogP contribution >= 0.6 is 0 Å². The van der Waals surface area contributed by atoms with Gasteiger partial charge in [-0.3, -0.25) is 0 Å². The third-order valence-corrected chi connectivity index (χ3v) is 4.72. The predicted octanol–water partition coefficient (Wildman–Crippen LogP) is 3.73. The van der Waals surface area contributed by atoms with Gasteiger partial charge in [0.25, 0.3) is 0 Å². The molecule has 2 N–H and O–H groups in total. The number of carbonyl (C=O) groups is 2. The summed E-state index contributed by atoms with van der Waals surface area (Å²) in [5.74, 6) is 1.62. The van der Waals surface area contributed by atoms with E-state index in [0.717, 1.165) is 18.6 Å². The number of likely N-dealkylation sites (tertiary alicyclic amines) is 1. The highest BCUT2D eigenvalue weighted by atomic mass is 16.6. The second kappa shape index (κ2) is 9.64. The van der Waals surface area contributed by atoms with Gasteiger partial charge in [-0.15, -0.1) is 0 Å². The van der Waals surface area contributed by atoms with E-state index in [-0.39, 0.29) is 12.1 Å². The first-order valence-electron chi connectivity index (χ1n) is 9.35. The molecule has 3 amide bonds. The molecule has 0 aliphatic carbocycles. The molecule has 0 saturated carbocycles. The number of urea groups is 1. The van der Waals surface area contributed by atoms with Gasteiger partial charge >= 0.3 is 12.1 Å². The molecule has 7 heteroatoms. The van der Waals surface area contributed by atoms with Gasteiger partial charge in [-0.1, -0.05) is 18.2 Å². The number of amides is 3. The number of nitrogens with one attached hydrogen (secondary N) is 2. The number of carbonyl (C=O) groups excluding carboxylic acids is 2. The molecule has 3 rings (SSSR count). The maximum Gasteiger partial charge on any atom is 0.415 e. The van der Waals surface area contributed by atoms with Crippen molar-refractivity contribution in [3.63, 3.8) is 0 Å². The lowest BCUT2D eigenvalue weighted by Gasteiger charge is -2.31. The monoisotopic (exact) mass is 383 g/mol. The highest BCUT2D eigenvalue weighted by molar-refractivity contribution is 5.89. The first-order chi connectivity index (χ1) is 13.6. The lowest BCUT2D eigenvalue weighted by molar-refractivity contribution is 0.130. The molecule has 7 nitrogen and oxygen atoms in total. The van der Waals surface area contributed by atoms with Crippen LogP contribution < -0.4 is 20.1 Å². The van der Waals surface area contributed by atoms with Gasteiger partial charge < -0.3 is 25.0 Å². The molecule has 28 heavy (non-hydrogen) atoms. The topological polar surface area (TPSA) is 79.9 Å². The van der Waals surface area contributed by atoms with Crippen LogP contribution in [-0.4, -0.2) is 43.8 Å². The predicted molar refractivity (Wildman–Crippen MR) is 107 cm³/mol. The second-order valence-electron chi connectivity index (χ2n) is 6.67. The fraction of sp³-hybridized carbons (Fsp3) is 0.333. The Balaban J connectivity index is 1.36. The number of benzene rings is 2. The van der Waals surface area contributed by atoms with E-state index in [1.165, 1.54) is 0 Å². The molecule has 0 unspecified atom stereocenters. The van der Waals surface area contributed by atoms with Crippen LogP contribution in [-0.2, 0) is 0 Å². The van der Waals surface area contributed by atoms with Gasteiger partial charge in [-0.25, -0.2) is 9.59 Å². The van der Waals surface area contributed by atoms with Crippen molar-refractivity contribution >= 4 is 17.8 Å². The van der Waals surface area contributed by atoms with Crippen molar-refractivity contribution in [2.24, 2.45) is 5.92 Å². The summed E-state index contributed by atoms with van der Waals surface area (Å²) >= 11 is 0. The Labute approximate surface area is 164 Å². The zero-order chi connectivity index (χ0) is 19.8. The molecule has 1 fully saturated rings. The average Bonchev–Trinajstić information content (AvgIpc) is 2.74. The van der Waals surface area contributed by atoms with Gasteiger partial charge in [0.15, 0.2) is 0 Å². The molecule has 1 heterocycles. The summed E-state index contributed by atoms with van der Waals surface area (Å²) in [4.78, 5) is 26.0. The van der Waals surface area contributed by atoms with Crippen LogP contribution in [0.2, 0.25) is 0 Å². The molecule has 1 saturated heterocycles. The van der Waals surface area contributed by atoms with Gasteiger partial charge in [0.05, 0.1) is 7.11 Å². The Morgan fingerprint density at radius 2 is 1.68 bits per heavy atom. The normalized spacial score (nSPS) is 14.2. The van der Waals surface area contributed by atoms with Crippen molar-refractivity contribution in [1.29, 1.82) is 0 Å². The molecule has 2 aromatic carbocycles. The van der Waals surface area contributed by atoms with Crippen LogP contribution in [0.3, 0.4) is 0 Å². The summed E-state index contributed by atoms with van der Waals surface area (Å²) in [5, 5.41) is 5.69. The zero-order valence-corrected chi connectivity index (χ0v) is 15.9. The van der Waals surface area contributed by atoms with Crippen LogP contribution in [0, 0.1) is 5.92 Å². The van der Waals surface area contributed by atoms with E-state index in [2.05, 4.69) is 10.6 Å². The van der Waals surface area contributed by atoms with Crippen LogP contribution in [0.25, 0.3) is 0 Å². The second-order valence-corrected chi connectivity index (χ2v) is 6.67. The van der Waals surface area contributed by atoms with Gasteiger partial charge in [0.2, 0.25) is 0 Å². The van der Waals surface area contributed by atoms with E-state index in [4.69, 9.17) is 9.47 Å². The van der Waals surface area contributed by atoms with Gasteiger partial charge in [0.1, 0.15) is 11.5 Å². The summed E-state index contributed by atoms with van der Waals surface area (Å²) in [6.45, 7) is 1.82. The number of piperidine rings is 1. The van der Waals surface area contributed by atoms with Crippen LogP contribution in [0.4, 0.5) is 15.3 Å². The summed E-state index contributed by atoms with van der Waals surface area (Å²) in [7, 11) is 1.60. The van der Waals surface area contributed by atoms with Crippen molar-refractivity contribution < 1.29 is 19.1 Å². The van der Waals surface area contributed by atoms with Gasteiger partial charge in [-0.2, -0.15) is 0 Å². The SMILES string of the molecule is COc1ccc(NC(=O)NCC2CCN(C(=O)Oc3ccccc3)CC2)cc1. The number of ether oxygens (including phenoxy) is 2. The molecule has 0 spiro atoms. The Morgan fingerprint density at radius 1 is 1.00 bits per heavy atom. The number of hydrogen-bond donors (Lipinski definition) is 2. The largest absolute Gasteiger partial charge is 0.497 e. The summed E-state index contributed by atoms with van der Waals surface area (Å²) in [6.07, 6.45) is 1.33. The minimum atomic E-state index is -0.324. The molecular formula is C21H25N3O4. The minimum Gasteiger partial charge on any atom is -0.497 e. The number of nitrogens with zero attached hydrogens (tertiary/aromatic N) is 1. The summed E-state index contributed by atoms with van der Waals surface area (Å²) in [6, 6.07) is 16.0. The number of rotatable bonds is 5. The maximum absolute atomic E-state index is 12.2. The zero-order valence-electron chi connectivity index (χ0n) is 15.9. The molecular weight excluding hydrogens is 358 g/mol. The number of methoxy groups -OCH3 is 1. The Bertz CT molecular complexity index is 772. The molecule has 148 valence electrons. The lowest BCUT2D eigenvalue weighted by Crippen LogP contribution is -2.43. The fourth-order valence-corrected chi connectivity index (χ4v) is 3.06. The number of anilines is 1. The first-order valence-corrected chi connectivity index (χ1v) is 9.35. The standard InChI is InChI=1S/C21H25N3O4/c1-27-18-9-7-17(8-10-18)23-20(25)22-15-16-11-13-24(14-12-16)21(26)28-19-5-3-2-4-6-19/h2-10,16H,11-15H2,1H3,(H2,22,23,25). The van der Waals surface area contributed by atoms with E-state index in [1.807, 2.05) is 18.2 Å². The summed E-state index contributed by atoms with van der Waals surface area (Å²) in [5.41, 5.74) is 0.705. The fourth-order valence-electron chi connectivity index (χ4n) is 3.06. The Hall–Kier alpha value is -3.22. The van der Waals surface area contributed by atoms with Crippen molar-refractivity contribution in [3.05, 3.63) is 54.6 Å². The van der Waals surface area contributed by atoms with E-state index in [9.17, 15) is 9.59 Å². The van der Waals surface area contributed by atoms with Gasteiger partial charge in [0, 0.05) is 25.3 Å². The first kappa shape index (κ1) is 19.5. The molecule has 0 aromatic heterocycles. The van der Waals surface area contributed by atoms with Crippen LogP contribution in [0.15, 0.2) is 54.6 Å². The number of hydrogen-bond acceptors (Lipinski definition) is 4. The Kier molecular flexibility index (Phi) is 6.73. The van der Waals surface area contributed by atoms with Gasteiger partial charge in [-0.05, 0) is 55.2 Å². The molecule has 0 bridgehead atoms. The van der Waals surface area contributed by atoms with E-state index in [1.54, 1.807) is 48.4 Å². The highest BCUT2D eigenvalue weighted by Crippen LogP contribution is 2.19. The maximum atomic E-state index is 12.2. The quantitative estimate of drug-likeness (QED) is 0.825. The highest BCUT2D eigenvalue weighted by Gasteiger charge is 2.24. The van der Waals surface area contributed by atoms with Crippen molar-refractivity contribution in [3.8, 4) is 11.5 Å². The van der Waals surface area contributed by atoms with Crippen molar-refractivity contribution in [2.45, 2.75) is 12.8 Å². The van der Waals surface area contributed by atoms with Crippen molar-refractivity contribution in [1.82, 2.24) is 10.2 Å². The molecule has 0 atom stereocenters. The third kappa shape index (κ3) is 5.64. The van der Waals surface area contributed by atoms with Crippen LogP contribution in [0.5, 0.6) is 11.5 Å². The van der Waals surface area contributed by atoms with Crippen LogP contribution in [0.1, 0.15) is 12.8 Å². The van der Waals surface area contributed by atoms with E-state index in [0.29, 0.717) is 37.0 Å². The number of para-hydroxylation sites is 1. The van der Waals surface area contributed by atoms with Crippen molar-refractivity contribution in [2.75, 3.05) is 32.1 Å². The smallest absolute Gasteiger partial charge is 0.415 e.